The van der Waals surface area contributed by atoms with Crippen LogP contribution in [0, 0.1) is 11.8 Å². The van der Waals surface area contributed by atoms with Crippen molar-refractivity contribution < 1.29 is 8.42 Å². The van der Waals surface area contributed by atoms with E-state index in [1.807, 2.05) is 6.07 Å². The van der Waals surface area contributed by atoms with Gasteiger partial charge in [0, 0.05) is 32.7 Å². The molecule has 3 rings (SSSR count). The third-order valence-corrected chi connectivity index (χ3v) is 5.20. The van der Waals surface area contributed by atoms with Crippen molar-refractivity contribution in [1.29, 1.82) is 0 Å². The van der Waals surface area contributed by atoms with E-state index in [1.54, 1.807) is 0 Å². The number of fused-ring (bicyclic) bond motifs is 1. The third kappa shape index (κ3) is 2.81. The predicted octanol–water partition coefficient (Wildman–Crippen LogP) is 0.171. The second-order valence-corrected chi connectivity index (χ2v) is 7.01. The standard InChI is InChI=1S/C13H19N3O2S/c1-14-19(17,18)15-13-11-8-16(9-12(11)13)7-10-5-3-2-4-6-10/h2-6,11-15H,7-9H2,1H3/t11-,12+,13?. The second-order valence-electron chi connectivity index (χ2n) is 5.36. The summed E-state index contributed by atoms with van der Waals surface area (Å²) in [5.74, 6) is 0.957. The maximum atomic E-state index is 11.4. The Bertz CT molecular complexity index is 534. The molecule has 1 saturated heterocycles. The number of piperidine rings is 1. The Kier molecular flexibility index (Phi) is 3.34. The molecule has 1 saturated carbocycles. The highest BCUT2D eigenvalue weighted by atomic mass is 32.2. The average Bonchev–Trinajstić information content (AvgIpc) is 2.85. The summed E-state index contributed by atoms with van der Waals surface area (Å²) in [4.78, 5) is 2.40. The van der Waals surface area contributed by atoms with Gasteiger partial charge in [0.15, 0.2) is 0 Å². The summed E-state index contributed by atoms with van der Waals surface area (Å²) in [6, 6.07) is 10.5. The van der Waals surface area contributed by atoms with Gasteiger partial charge in [-0.3, -0.25) is 4.90 Å². The number of hydrogen-bond donors (Lipinski definition) is 2. The van der Waals surface area contributed by atoms with Gasteiger partial charge in [0.25, 0.3) is 10.2 Å². The first-order chi connectivity index (χ1) is 9.09. The van der Waals surface area contributed by atoms with Gasteiger partial charge in [0.1, 0.15) is 0 Å². The number of hydrogen-bond acceptors (Lipinski definition) is 3. The highest BCUT2D eigenvalue weighted by molar-refractivity contribution is 7.87. The molecule has 5 nitrogen and oxygen atoms in total. The fourth-order valence-corrected chi connectivity index (χ4v) is 3.82. The third-order valence-electron chi connectivity index (χ3n) is 4.08. The molecule has 104 valence electrons. The predicted molar refractivity (Wildman–Crippen MR) is 73.6 cm³/mol. The molecule has 1 aliphatic heterocycles. The van der Waals surface area contributed by atoms with Gasteiger partial charge in [-0.2, -0.15) is 13.1 Å². The van der Waals surface area contributed by atoms with E-state index in [9.17, 15) is 8.42 Å². The van der Waals surface area contributed by atoms with Crippen molar-refractivity contribution in [1.82, 2.24) is 14.3 Å². The molecule has 0 radical (unpaired) electrons. The van der Waals surface area contributed by atoms with Crippen molar-refractivity contribution in [3.8, 4) is 0 Å². The van der Waals surface area contributed by atoms with Crippen LogP contribution in [0.2, 0.25) is 0 Å². The molecule has 1 aromatic rings. The van der Waals surface area contributed by atoms with E-state index in [4.69, 9.17) is 0 Å². The molecule has 1 unspecified atom stereocenters. The summed E-state index contributed by atoms with van der Waals surface area (Å²) < 4.78 is 27.8. The van der Waals surface area contributed by atoms with Gasteiger partial charge in [-0.05, 0) is 17.4 Å². The molecule has 1 aliphatic carbocycles. The normalized spacial score (nSPS) is 30.3. The van der Waals surface area contributed by atoms with E-state index in [0.29, 0.717) is 11.8 Å². The molecule has 1 heterocycles. The molecule has 2 fully saturated rings. The van der Waals surface area contributed by atoms with Gasteiger partial charge in [-0.15, -0.1) is 0 Å². The Morgan fingerprint density at radius 2 is 1.84 bits per heavy atom. The van der Waals surface area contributed by atoms with Crippen molar-refractivity contribution in [2.45, 2.75) is 12.6 Å². The van der Waals surface area contributed by atoms with Gasteiger partial charge in [0.2, 0.25) is 0 Å². The summed E-state index contributed by atoms with van der Waals surface area (Å²) >= 11 is 0. The van der Waals surface area contributed by atoms with Gasteiger partial charge in [-0.25, -0.2) is 4.72 Å². The first-order valence-electron chi connectivity index (χ1n) is 6.56. The highest BCUT2D eigenvalue weighted by Crippen LogP contribution is 2.46. The minimum Gasteiger partial charge on any atom is -0.298 e. The zero-order chi connectivity index (χ0) is 13.5. The van der Waals surface area contributed by atoms with Crippen LogP contribution in [-0.2, 0) is 16.8 Å². The van der Waals surface area contributed by atoms with Crippen LogP contribution < -0.4 is 9.44 Å². The van der Waals surface area contributed by atoms with E-state index in [1.165, 1.54) is 12.6 Å². The van der Waals surface area contributed by atoms with Gasteiger partial charge in [0.05, 0.1) is 0 Å². The average molecular weight is 281 g/mol. The lowest BCUT2D eigenvalue weighted by molar-refractivity contribution is 0.287. The Balaban J connectivity index is 1.51. The maximum absolute atomic E-state index is 11.4. The lowest BCUT2D eigenvalue weighted by Gasteiger charge is -2.19. The SMILES string of the molecule is CNS(=O)(=O)NC1[C@H]2CN(Cc3ccccc3)C[C@@H]12. The molecule has 0 amide bonds. The molecular formula is C13H19N3O2S. The van der Waals surface area contributed by atoms with Crippen molar-refractivity contribution in [2.24, 2.45) is 11.8 Å². The Morgan fingerprint density at radius 1 is 1.21 bits per heavy atom. The van der Waals surface area contributed by atoms with Gasteiger partial charge in [-0.1, -0.05) is 30.3 Å². The van der Waals surface area contributed by atoms with E-state index >= 15 is 0 Å². The van der Waals surface area contributed by atoms with Crippen LogP contribution in [0.1, 0.15) is 5.56 Å². The molecule has 3 atom stereocenters. The molecule has 0 bridgehead atoms. The lowest BCUT2D eigenvalue weighted by atomic mass is 10.2. The first-order valence-corrected chi connectivity index (χ1v) is 8.04. The zero-order valence-corrected chi connectivity index (χ0v) is 11.7. The van der Waals surface area contributed by atoms with Crippen molar-refractivity contribution in [2.75, 3.05) is 20.1 Å². The fraction of sp³-hybridized carbons (Fsp3) is 0.538. The van der Waals surface area contributed by atoms with Crippen LogP contribution in [0.4, 0.5) is 0 Å². The summed E-state index contributed by atoms with van der Waals surface area (Å²) in [6.45, 7) is 2.92. The monoisotopic (exact) mass is 281 g/mol. The van der Waals surface area contributed by atoms with E-state index in [2.05, 4.69) is 38.6 Å². The molecule has 0 aromatic heterocycles. The smallest absolute Gasteiger partial charge is 0.276 e. The molecule has 1 aromatic carbocycles. The van der Waals surface area contributed by atoms with Crippen LogP contribution in [0.25, 0.3) is 0 Å². The molecule has 0 spiro atoms. The summed E-state index contributed by atoms with van der Waals surface area (Å²) in [5, 5.41) is 0. The number of benzene rings is 1. The minimum absolute atomic E-state index is 0.129. The fourth-order valence-electron chi connectivity index (χ4n) is 3.00. The summed E-state index contributed by atoms with van der Waals surface area (Å²) in [5.41, 5.74) is 1.32. The largest absolute Gasteiger partial charge is 0.298 e. The lowest BCUT2D eigenvalue weighted by Crippen LogP contribution is -2.39. The molecule has 2 N–H and O–H groups in total. The van der Waals surface area contributed by atoms with Gasteiger partial charge >= 0.3 is 0 Å². The van der Waals surface area contributed by atoms with Crippen LogP contribution in [0.5, 0.6) is 0 Å². The van der Waals surface area contributed by atoms with E-state index in [0.717, 1.165) is 19.6 Å². The number of nitrogens with zero attached hydrogens (tertiary/aromatic N) is 1. The maximum Gasteiger partial charge on any atom is 0.276 e. The van der Waals surface area contributed by atoms with Gasteiger partial charge < -0.3 is 0 Å². The highest BCUT2D eigenvalue weighted by Gasteiger charge is 2.56. The molecule has 6 heteroatoms. The van der Waals surface area contributed by atoms with Crippen molar-refractivity contribution in [3.05, 3.63) is 35.9 Å². The number of nitrogens with one attached hydrogen (secondary N) is 2. The van der Waals surface area contributed by atoms with Crippen molar-refractivity contribution in [3.63, 3.8) is 0 Å². The Hall–Kier alpha value is -0.950. The molecular weight excluding hydrogens is 262 g/mol. The minimum atomic E-state index is -3.29. The van der Waals surface area contributed by atoms with Crippen LogP contribution in [0.15, 0.2) is 30.3 Å². The van der Waals surface area contributed by atoms with E-state index in [-0.39, 0.29) is 6.04 Å². The van der Waals surface area contributed by atoms with E-state index < -0.39 is 10.2 Å². The number of likely N-dealkylation sites (tertiary alicyclic amines) is 1. The quantitative estimate of drug-likeness (QED) is 0.809. The number of rotatable bonds is 5. The zero-order valence-electron chi connectivity index (χ0n) is 10.9. The topological polar surface area (TPSA) is 61.4 Å². The van der Waals surface area contributed by atoms with Crippen LogP contribution in [-0.4, -0.2) is 39.5 Å². The molecule has 19 heavy (non-hydrogen) atoms. The van der Waals surface area contributed by atoms with Crippen molar-refractivity contribution >= 4 is 10.2 Å². The summed E-state index contributed by atoms with van der Waals surface area (Å²) in [6.07, 6.45) is 0. The summed E-state index contributed by atoms with van der Waals surface area (Å²) in [7, 11) is -1.86. The van der Waals surface area contributed by atoms with Crippen LogP contribution in [0.3, 0.4) is 0 Å². The Morgan fingerprint density at radius 3 is 2.42 bits per heavy atom. The molecule has 2 aliphatic rings. The Labute approximate surface area is 114 Å². The van der Waals surface area contributed by atoms with Crippen LogP contribution >= 0.6 is 0 Å². The first kappa shape index (κ1) is 13.1. The second kappa shape index (κ2) is 4.86.